The molecule has 0 N–H and O–H groups in total. The molecule has 0 amide bonds. The first-order valence-corrected chi connectivity index (χ1v) is 9.83. The molecule has 1 aromatic rings. The molecule has 1 saturated carbocycles. The van der Waals surface area contributed by atoms with E-state index in [0.29, 0.717) is 24.5 Å². The van der Waals surface area contributed by atoms with Gasteiger partial charge in [0.05, 0.1) is 24.4 Å². The van der Waals surface area contributed by atoms with Crippen LogP contribution in [0, 0.1) is 11.3 Å². The molecular weight excluding hydrogens is 344 g/mol. The molecule has 146 valence electrons. The summed E-state index contributed by atoms with van der Waals surface area (Å²) >= 11 is 0. The summed E-state index contributed by atoms with van der Waals surface area (Å²) in [4.78, 5) is 12.3. The fourth-order valence-corrected chi connectivity index (χ4v) is 5.19. The van der Waals surface area contributed by atoms with Crippen LogP contribution in [0.3, 0.4) is 0 Å². The number of rotatable bonds is 6. The third-order valence-electron chi connectivity index (χ3n) is 6.52. The molecule has 4 bridgehead atoms. The van der Waals surface area contributed by atoms with Gasteiger partial charge in [-0.2, -0.15) is 0 Å². The van der Waals surface area contributed by atoms with Gasteiger partial charge in [-0.15, -0.1) is 0 Å². The number of carbonyl (C=O) groups excluding carboxylic acids is 1. The Hall–Kier alpha value is -1.69. The first-order valence-electron chi connectivity index (χ1n) is 9.83. The highest BCUT2D eigenvalue weighted by atomic mass is 16.7. The van der Waals surface area contributed by atoms with E-state index in [0.717, 1.165) is 25.7 Å². The monoisotopic (exact) mass is 372 g/mol. The molecule has 4 rings (SSSR count). The van der Waals surface area contributed by atoms with Crippen molar-refractivity contribution in [2.45, 2.75) is 50.6 Å². The van der Waals surface area contributed by atoms with Crippen molar-refractivity contribution in [2.75, 3.05) is 20.8 Å². The topological polar surface area (TPSA) is 54.0 Å². The largest absolute Gasteiger partial charge is 0.462 e. The maximum absolute atomic E-state index is 12.3. The van der Waals surface area contributed by atoms with E-state index in [-0.39, 0.29) is 29.9 Å². The van der Waals surface area contributed by atoms with E-state index in [1.165, 1.54) is 5.57 Å². The van der Waals surface area contributed by atoms with Crippen molar-refractivity contribution in [1.82, 2.24) is 0 Å². The van der Waals surface area contributed by atoms with E-state index in [1.54, 1.807) is 26.4 Å². The second-order valence-corrected chi connectivity index (χ2v) is 7.75. The second-order valence-electron chi connectivity index (χ2n) is 7.75. The average Bonchev–Trinajstić information content (AvgIpc) is 3.00. The zero-order chi connectivity index (χ0) is 18.9. The molecule has 0 spiro atoms. The Morgan fingerprint density at radius 2 is 2.00 bits per heavy atom. The van der Waals surface area contributed by atoms with Gasteiger partial charge in [0, 0.05) is 25.6 Å². The van der Waals surface area contributed by atoms with Crippen molar-refractivity contribution in [2.24, 2.45) is 11.3 Å². The van der Waals surface area contributed by atoms with Crippen LogP contribution in [0.25, 0.3) is 0 Å². The Morgan fingerprint density at radius 1 is 1.19 bits per heavy atom. The third kappa shape index (κ3) is 3.22. The van der Waals surface area contributed by atoms with E-state index in [4.69, 9.17) is 18.9 Å². The molecule has 1 heterocycles. The number of benzene rings is 1. The summed E-state index contributed by atoms with van der Waals surface area (Å²) in [5.41, 5.74) is 1.68. The number of hydrogen-bond donors (Lipinski definition) is 0. The number of allylic oxidation sites excluding steroid dienone is 1. The molecule has 2 aliphatic carbocycles. The predicted molar refractivity (Wildman–Crippen MR) is 100 cm³/mol. The van der Waals surface area contributed by atoms with Gasteiger partial charge in [-0.25, -0.2) is 4.79 Å². The Bertz CT molecular complexity index is 700. The Balaban J connectivity index is 1.52. The van der Waals surface area contributed by atoms with Gasteiger partial charge in [0.2, 0.25) is 0 Å². The SMILES string of the molecule is COC1O[C@H]2C3=CCC[C@@H]2[C@@H](OC)CC[C@]31CCOC(=O)c1ccccc1. The lowest BCUT2D eigenvalue weighted by atomic mass is 9.72. The highest BCUT2D eigenvalue weighted by molar-refractivity contribution is 5.89. The molecule has 2 fully saturated rings. The molecule has 1 aromatic carbocycles. The Morgan fingerprint density at radius 3 is 2.74 bits per heavy atom. The van der Waals surface area contributed by atoms with Crippen molar-refractivity contribution in [3.05, 3.63) is 47.5 Å². The molecule has 5 atom stereocenters. The van der Waals surface area contributed by atoms with Crippen LogP contribution in [-0.2, 0) is 18.9 Å². The average molecular weight is 372 g/mol. The number of methoxy groups -OCH3 is 2. The number of hydrogen-bond acceptors (Lipinski definition) is 5. The standard InChI is InChI=1S/C22H28O5/c1-24-18-11-12-22(13-14-26-20(23)15-7-4-3-5-8-15)17-10-6-9-16(18)19(17)27-21(22)25-2/h3-5,7-8,10,16,18-19,21H,6,9,11-14H2,1-2H3/t16-,18+,19-,21?,22+/m1/s1. The van der Waals surface area contributed by atoms with E-state index in [2.05, 4.69) is 6.08 Å². The fourth-order valence-electron chi connectivity index (χ4n) is 5.19. The minimum atomic E-state index is -0.289. The maximum atomic E-state index is 12.3. The van der Waals surface area contributed by atoms with Gasteiger partial charge in [-0.05, 0) is 49.8 Å². The van der Waals surface area contributed by atoms with Crippen LogP contribution in [0.5, 0.6) is 0 Å². The molecule has 0 radical (unpaired) electrons. The summed E-state index contributed by atoms with van der Waals surface area (Å²) in [5, 5.41) is 0. The quantitative estimate of drug-likeness (QED) is 0.562. The molecule has 1 aliphatic heterocycles. The van der Waals surface area contributed by atoms with Crippen LogP contribution in [0.15, 0.2) is 42.0 Å². The van der Waals surface area contributed by atoms with Crippen LogP contribution < -0.4 is 0 Å². The Kier molecular flexibility index (Phi) is 5.35. The first kappa shape index (κ1) is 18.7. The lowest BCUT2D eigenvalue weighted by Gasteiger charge is -2.34. The van der Waals surface area contributed by atoms with Crippen LogP contribution in [0.2, 0.25) is 0 Å². The summed E-state index contributed by atoms with van der Waals surface area (Å²) in [7, 11) is 3.50. The minimum absolute atomic E-state index is 0.0565. The van der Waals surface area contributed by atoms with E-state index < -0.39 is 0 Å². The lowest BCUT2D eigenvalue weighted by molar-refractivity contribution is -0.187. The summed E-state index contributed by atoms with van der Waals surface area (Å²) in [5.74, 6) is 0.0965. The van der Waals surface area contributed by atoms with Crippen molar-refractivity contribution >= 4 is 5.97 Å². The summed E-state index contributed by atoms with van der Waals surface area (Å²) < 4.78 is 23.5. The summed E-state index contributed by atoms with van der Waals surface area (Å²) in [6, 6.07) is 9.12. The van der Waals surface area contributed by atoms with Crippen molar-refractivity contribution in [3.8, 4) is 0 Å². The molecule has 5 nitrogen and oxygen atoms in total. The maximum Gasteiger partial charge on any atom is 0.338 e. The van der Waals surface area contributed by atoms with Gasteiger partial charge in [0.25, 0.3) is 0 Å². The zero-order valence-electron chi connectivity index (χ0n) is 16.1. The smallest absolute Gasteiger partial charge is 0.338 e. The van der Waals surface area contributed by atoms with Gasteiger partial charge in [0.15, 0.2) is 6.29 Å². The third-order valence-corrected chi connectivity index (χ3v) is 6.52. The molecule has 1 saturated heterocycles. The first-order chi connectivity index (χ1) is 13.2. The highest BCUT2D eigenvalue weighted by Crippen LogP contribution is 2.57. The van der Waals surface area contributed by atoms with Crippen LogP contribution >= 0.6 is 0 Å². The number of ether oxygens (including phenoxy) is 4. The summed E-state index contributed by atoms with van der Waals surface area (Å²) in [6.45, 7) is 0.351. The normalized spacial score (nSPS) is 34.7. The molecule has 27 heavy (non-hydrogen) atoms. The van der Waals surface area contributed by atoms with Crippen LogP contribution in [0.1, 0.15) is 42.5 Å². The second kappa shape index (κ2) is 7.74. The molecule has 0 aromatic heterocycles. The fraction of sp³-hybridized carbons (Fsp3) is 0.591. The van der Waals surface area contributed by atoms with E-state index in [9.17, 15) is 4.79 Å². The number of carbonyl (C=O) groups is 1. The van der Waals surface area contributed by atoms with Crippen LogP contribution in [-0.4, -0.2) is 45.3 Å². The van der Waals surface area contributed by atoms with Crippen LogP contribution in [0.4, 0.5) is 0 Å². The van der Waals surface area contributed by atoms with E-state index >= 15 is 0 Å². The van der Waals surface area contributed by atoms with Gasteiger partial charge in [-0.1, -0.05) is 24.3 Å². The van der Waals surface area contributed by atoms with Gasteiger partial charge < -0.3 is 18.9 Å². The molecular formula is C22H28O5. The van der Waals surface area contributed by atoms with Gasteiger partial charge in [0.1, 0.15) is 0 Å². The zero-order valence-corrected chi connectivity index (χ0v) is 16.1. The molecule has 5 heteroatoms. The van der Waals surface area contributed by atoms with Crippen molar-refractivity contribution in [1.29, 1.82) is 0 Å². The minimum Gasteiger partial charge on any atom is -0.462 e. The lowest BCUT2D eigenvalue weighted by Crippen LogP contribution is -2.37. The van der Waals surface area contributed by atoms with E-state index in [1.807, 2.05) is 18.2 Å². The number of esters is 1. The van der Waals surface area contributed by atoms with Gasteiger partial charge in [-0.3, -0.25) is 0 Å². The summed E-state index contributed by atoms with van der Waals surface area (Å²) in [6.07, 6.45) is 7.04. The van der Waals surface area contributed by atoms with Crippen molar-refractivity contribution in [3.63, 3.8) is 0 Å². The predicted octanol–water partition coefficient (Wildman–Crippen LogP) is 3.74. The van der Waals surface area contributed by atoms with Gasteiger partial charge >= 0.3 is 5.97 Å². The molecule has 3 aliphatic rings. The van der Waals surface area contributed by atoms with Crippen molar-refractivity contribution < 1.29 is 23.7 Å². The highest BCUT2D eigenvalue weighted by Gasteiger charge is 2.58. The molecule has 1 unspecified atom stereocenters. The Labute approximate surface area is 160 Å².